The van der Waals surface area contributed by atoms with Gasteiger partial charge in [-0.15, -0.1) is 0 Å². The second-order valence-electron chi connectivity index (χ2n) is 2.94. The predicted molar refractivity (Wildman–Crippen MR) is 61.4 cm³/mol. The van der Waals surface area contributed by atoms with Gasteiger partial charge < -0.3 is 0 Å². The molecule has 70 valence electrons. The van der Waals surface area contributed by atoms with Crippen LogP contribution in [0.3, 0.4) is 0 Å². The Bertz CT molecular complexity index is 321. The minimum absolute atomic E-state index is 0.199. The molecule has 1 aromatic carbocycles. The van der Waals surface area contributed by atoms with Crippen molar-refractivity contribution in [2.45, 2.75) is 13.3 Å². The third-order valence-electron chi connectivity index (χ3n) is 1.75. The summed E-state index contributed by atoms with van der Waals surface area (Å²) in [4.78, 5) is 11.2. The maximum absolute atomic E-state index is 11.2. The molecule has 0 aromatic heterocycles. The summed E-state index contributed by atoms with van der Waals surface area (Å²) in [6.07, 6.45) is 0.492. The highest BCUT2D eigenvalue weighted by molar-refractivity contribution is 9.10. The molecule has 1 rings (SSSR count). The summed E-state index contributed by atoms with van der Waals surface area (Å²) in [6, 6.07) is 6.03. The smallest absolute Gasteiger partial charge is 0.147 e. The van der Waals surface area contributed by atoms with Gasteiger partial charge in [-0.2, -0.15) is 0 Å². The van der Waals surface area contributed by atoms with Crippen molar-refractivity contribution in [3.63, 3.8) is 0 Å². The van der Waals surface area contributed by atoms with Gasteiger partial charge in [0.2, 0.25) is 0 Å². The van der Waals surface area contributed by atoms with Crippen LogP contribution in [0.15, 0.2) is 22.7 Å². The maximum atomic E-state index is 11.2. The zero-order valence-electron chi connectivity index (χ0n) is 7.31. The van der Waals surface area contributed by atoms with Crippen molar-refractivity contribution in [1.82, 2.24) is 0 Å². The highest BCUT2D eigenvalue weighted by atomic mass is 79.9. The molecule has 0 atom stereocenters. The summed E-state index contributed by atoms with van der Waals surface area (Å²) in [5, 5.41) is 0.424. The fourth-order valence-corrected chi connectivity index (χ4v) is 1.89. The molecule has 1 nitrogen and oxygen atoms in total. The first kappa shape index (κ1) is 10.9. The van der Waals surface area contributed by atoms with Crippen LogP contribution in [-0.4, -0.2) is 11.1 Å². The Labute approximate surface area is 94.8 Å². The molecule has 0 bridgehead atoms. The third kappa shape index (κ3) is 3.24. The van der Waals surface area contributed by atoms with Gasteiger partial charge in [0.05, 0.1) is 5.33 Å². The Balaban J connectivity index is 2.83. The number of alkyl halides is 1. The number of benzene rings is 1. The lowest BCUT2D eigenvalue weighted by Crippen LogP contribution is -2.03. The number of aryl methyl sites for hydroxylation is 1. The Morgan fingerprint density at radius 2 is 2.15 bits per heavy atom. The van der Waals surface area contributed by atoms with E-state index in [9.17, 15) is 4.79 Å². The molecule has 0 fully saturated rings. The van der Waals surface area contributed by atoms with Gasteiger partial charge in [-0.05, 0) is 24.1 Å². The van der Waals surface area contributed by atoms with Crippen LogP contribution in [0.5, 0.6) is 0 Å². The van der Waals surface area contributed by atoms with Gasteiger partial charge in [0.25, 0.3) is 0 Å². The molecule has 0 N–H and O–H groups in total. The number of halogens is 2. The molecule has 0 saturated carbocycles. The Morgan fingerprint density at radius 3 is 2.69 bits per heavy atom. The molecule has 0 heterocycles. The van der Waals surface area contributed by atoms with Crippen LogP contribution < -0.4 is 0 Å². The van der Waals surface area contributed by atoms with Crippen LogP contribution in [-0.2, 0) is 11.2 Å². The molecular formula is C10H10Br2O. The van der Waals surface area contributed by atoms with Crippen molar-refractivity contribution in [3.05, 3.63) is 33.8 Å². The lowest BCUT2D eigenvalue weighted by atomic mass is 10.1. The molecule has 0 saturated heterocycles. The van der Waals surface area contributed by atoms with E-state index in [0.29, 0.717) is 11.8 Å². The van der Waals surface area contributed by atoms with E-state index in [1.165, 1.54) is 5.56 Å². The Kier molecular flexibility index (Phi) is 4.13. The number of carbonyl (C=O) groups is 1. The van der Waals surface area contributed by atoms with E-state index in [1.54, 1.807) is 0 Å². The summed E-state index contributed by atoms with van der Waals surface area (Å²) in [5.74, 6) is 0.199. The molecule has 0 aliphatic heterocycles. The SMILES string of the molecule is Cc1ccc(CC(=O)CBr)c(Br)c1. The molecule has 0 spiro atoms. The lowest BCUT2D eigenvalue weighted by Gasteiger charge is -2.03. The van der Waals surface area contributed by atoms with Crippen LogP contribution in [0, 0.1) is 6.92 Å². The maximum Gasteiger partial charge on any atom is 0.147 e. The third-order valence-corrected chi connectivity index (χ3v) is 3.11. The molecular weight excluding hydrogens is 296 g/mol. The van der Waals surface area contributed by atoms with E-state index in [-0.39, 0.29) is 5.78 Å². The van der Waals surface area contributed by atoms with Gasteiger partial charge in [-0.1, -0.05) is 44.0 Å². The molecule has 3 heteroatoms. The molecule has 0 unspecified atom stereocenters. The summed E-state index contributed by atoms with van der Waals surface area (Å²) in [7, 11) is 0. The minimum Gasteiger partial charge on any atom is -0.298 e. The number of hydrogen-bond donors (Lipinski definition) is 0. The van der Waals surface area contributed by atoms with E-state index < -0.39 is 0 Å². The lowest BCUT2D eigenvalue weighted by molar-refractivity contribution is -0.115. The summed E-state index contributed by atoms with van der Waals surface area (Å²) in [6.45, 7) is 2.03. The highest BCUT2D eigenvalue weighted by Gasteiger charge is 2.05. The van der Waals surface area contributed by atoms with Crippen LogP contribution in [0.2, 0.25) is 0 Å². The van der Waals surface area contributed by atoms with E-state index in [0.717, 1.165) is 10.0 Å². The average molecular weight is 306 g/mol. The molecule has 0 radical (unpaired) electrons. The molecule has 0 aliphatic rings. The highest BCUT2D eigenvalue weighted by Crippen LogP contribution is 2.19. The summed E-state index contributed by atoms with van der Waals surface area (Å²) in [5.41, 5.74) is 2.25. The van der Waals surface area contributed by atoms with E-state index in [4.69, 9.17) is 0 Å². The van der Waals surface area contributed by atoms with Crippen molar-refractivity contribution >= 4 is 37.6 Å². The number of carbonyl (C=O) groups excluding carboxylic acids is 1. The van der Waals surface area contributed by atoms with Gasteiger partial charge in [0, 0.05) is 10.9 Å². The van der Waals surface area contributed by atoms with Crippen LogP contribution in [0.1, 0.15) is 11.1 Å². The first-order valence-electron chi connectivity index (χ1n) is 3.96. The van der Waals surface area contributed by atoms with E-state index in [1.807, 2.05) is 25.1 Å². The molecule has 0 amide bonds. The van der Waals surface area contributed by atoms with Crippen molar-refractivity contribution in [2.24, 2.45) is 0 Å². The Hall–Kier alpha value is -0.150. The molecule has 0 aliphatic carbocycles. The number of ketones is 1. The zero-order chi connectivity index (χ0) is 9.84. The van der Waals surface area contributed by atoms with Crippen molar-refractivity contribution in [3.8, 4) is 0 Å². The standard InChI is InChI=1S/C10H10Br2O/c1-7-2-3-8(10(12)4-7)5-9(13)6-11/h2-4H,5-6H2,1H3. The second kappa shape index (κ2) is 4.91. The number of hydrogen-bond acceptors (Lipinski definition) is 1. The predicted octanol–water partition coefficient (Wildman–Crippen LogP) is 3.26. The van der Waals surface area contributed by atoms with Gasteiger partial charge in [-0.25, -0.2) is 0 Å². The zero-order valence-corrected chi connectivity index (χ0v) is 10.5. The quantitative estimate of drug-likeness (QED) is 0.783. The summed E-state index contributed by atoms with van der Waals surface area (Å²) >= 11 is 6.58. The average Bonchev–Trinajstić information content (AvgIpc) is 2.09. The van der Waals surface area contributed by atoms with Crippen LogP contribution in [0.4, 0.5) is 0 Å². The van der Waals surface area contributed by atoms with Crippen molar-refractivity contribution in [1.29, 1.82) is 0 Å². The fraction of sp³-hybridized carbons (Fsp3) is 0.300. The van der Waals surface area contributed by atoms with E-state index >= 15 is 0 Å². The second-order valence-corrected chi connectivity index (χ2v) is 4.36. The van der Waals surface area contributed by atoms with Crippen molar-refractivity contribution in [2.75, 3.05) is 5.33 Å². The monoisotopic (exact) mass is 304 g/mol. The van der Waals surface area contributed by atoms with E-state index in [2.05, 4.69) is 31.9 Å². The first-order chi connectivity index (χ1) is 6.13. The van der Waals surface area contributed by atoms with Gasteiger partial charge >= 0.3 is 0 Å². The van der Waals surface area contributed by atoms with Gasteiger partial charge in [0.1, 0.15) is 5.78 Å². The van der Waals surface area contributed by atoms with Crippen molar-refractivity contribution < 1.29 is 4.79 Å². The normalized spacial score (nSPS) is 10.1. The topological polar surface area (TPSA) is 17.1 Å². The summed E-state index contributed by atoms with van der Waals surface area (Å²) < 4.78 is 1.02. The minimum atomic E-state index is 0.199. The van der Waals surface area contributed by atoms with Gasteiger partial charge in [-0.3, -0.25) is 4.79 Å². The Morgan fingerprint density at radius 1 is 1.46 bits per heavy atom. The van der Waals surface area contributed by atoms with Crippen LogP contribution in [0.25, 0.3) is 0 Å². The fourth-order valence-electron chi connectivity index (χ4n) is 1.06. The number of rotatable bonds is 3. The molecule has 1 aromatic rings. The van der Waals surface area contributed by atoms with Crippen LogP contribution >= 0.6 is 31.9 Å². The molecule has 13 heavy (non-hydrogen) atoms. The number of Topliss-reactive ketones (excluding diaryl/α,β-unsaturated/α-hetero) is 1. The first-order valence-corrected chi connectivity index (χ1v) is 5.87. The van der Waals surface area contributed by atoms with Gasteiger partial charge in [0.15, 0.2) is 0 Å². The largest absolute Gasteiger partial charge is 0.298 e.